The Kier molecular flexibility index (Phi) is 3.94. The lowest BCUT2D eigenvalue weighted by Gasteiger charge is -2.24. The van der Waals surface area contributed by atoms with Gasteiger partial charge >= 0.3 is 0 Å². The summed E-state index contributed by atoms with van der Waals surface area (Å²) < 4.78 is 14.0. The predicted molar refractivity (Wildman–Crippen MR) is 92.8 cm³/mol. The molecule has 0 amide bonds. The van der Waals surface area contributed by atoms with Crippen LogP contribution in [0.3, 0.4) is 0 Å². The van der Waals surface area contributed by atoms with E-state index in [2.05, 4.69) is 24.8 Å². The average molecular weight is 323 g/mol. The number of aromatic nitrogens is 3. The molecule has 0 saturated carbocycles. The van der Waals surface area contributed by atoms with Gasteiger partial charge in [0.05, 0.1) is 0 Å². The van der Waals surface area contributed by atoms with Crippen molar-refractivity contribution in [3.05, 3.63) is 54.9 Å². The Bertz CT molecular complexity index is 839. The molecule has 3 aromatic rings. The lowest BCUT2D eigenvalue weighted by Crippen LogP contribution is -2.31. The van der Waals surface area contributed by atoms with Crippen LogP contribution in [0.5, 0.6) is 0 Å². The standard InChI is InChI=1S/C18H18FN5/c19-16-4-1-3-15-17(16)21-13-22-18(15)24-10-2-9-23(11-12-24)14-5-7-20-8-6-14/h1,3-8,13H,2,9-12H2. The van der Waals surface area contributed by atoms with Crippen LogP contribution in [0.1, 0.15) is 6.42 Å². The van der Waals surface area contributed by atoms with E-state index in [4.69, 9.17) is 0 Å². The molecule has 0 atom stereocenters. The van der Waals surface area contributed by atoms with E-state index in [1.54, 1.807) is 6.07 Å². The van der Waals surface area contributed by atoms with Crippen LogP contribution < -0.4 is 9.80 Å². The van der Waals surface area contributed by atoms with Crippen molar-refractivity contribution in [1.29, 1.82) is 0 Å². The van der Waals surface area contributed by atoms with Crippen molar-refractivity contribution in [2.24, 2.45) is 0 Å². The summed E-state index contributed by atoms with van der Waals surface area (Å²) in [5.74, 6) is 0.514. The molecule has 6 heteroatoms. The van der Waals surface area contributed by atoms with E-state index in [0.29, 0.717) is 5.52 Å². The largest absolute Gasteiger partial charge is 0.370 e. The van der Waals surface area contributed by atoms with E-state index in [9.17, 15) is 4.39 Å². The van der Waals surface area contributed by atoms with Crippen molar-refractivity contribution in [2.45, 2.75) is 6.42 Å². The van der Waals surface area contributed by atoms with Gasteiger partial charge in [-0.15, -0.1) is 0 Å². The first kappa shape index (κ1) is 14.8. The molecule has 24 heavy (non-hydrogen) atoms. The van der Waals surface area contributed by atoms with E-state index >= 15 is 0 Å². The Morgan fingerprint density at radius 1 is 0.875 bits per heavy atom. The zero-order valence-electron chi connectivity index (χ0n) is 13.3. The summed E-state index contributed by atoms with van der Waals surface area (Å²) in [4.78, 5) is 17.2. The Balaban J connectivity index is 1.61. The minimum Gasteiger partial charge on any atom is -0.370 e. The normalized spacial score (nSPS) is 15.5. The highest BCUT2D eigenvalue weighted by atomic mass is 19.1. The molecule has 1 fully saturated rings. The fraction of sp³-hybridized carbons (Fsp3) is 0.278. The van der Waals surface area contributed by atoms with Crippen LogP contribution in [0.4, 0.5) is 15.9 Å². The van der Waals surface area contributed by atoms with Gasteiger partial charge in [-0.05, 0) is 30.7 Å². The lowest BCUT2D eigenvalue weighted by molar-refractivity contribution is 0.636. The molecule has 5 nitrogen and oxygen atoms in total. The molecule has 0 aliphatic carbocycles. The number of benzene rings is 1. The van der Waals surface area contributed by atoms with Crippen molar-refractivity contribution >= 4 is 22.4 Å². The Hall–Kier alpha value is -2.76. The van der Waals surface area contributed by atoms with Crippen molar-refractivity contribution in [2.75, 3.05) is 36.0 Å². The van der Waals surface area contributed by atoms with Crippen molar-refractivity contribution in [3.8, 4) is 0 Å². The second-order valence-corrected chi connectivity index (χ2v) is 5.87. The van der Waals surface area contributed by atoms with E-state index in [-0.39, 0.29) is 5.82 Å². The molecular formula is C18H18FN5. The Morgan fingerprint density at radius 3 is 2.54 bits per heavy atom. The van der Waals surface area contributed by atoms with Gasteiger partial charge < -0.3 is 9.80 Å². The first-order valence-electron chi connectivity index (χ1n) is 8.12. The van der Waals surface area contributed by atoms with Gasteiger partial charge in [0.1, 0.15) is 23.5 Å². The number of nitrogens with zero attached hydrogens (tertiary/aromatic N) is 5. The fourth-order valence-electron chi connectivity index (χ4n) is 3.23. The highest BCUT2D eigenvalue weighted by Crippen LogP contribution is 2.26. The SMILES string of the molecule is Fc1cccc2c(N3CCCN(c4ccncc4)CC3)ncnc12. The number of fused-ring (bicyclic) bond motifs is 1. The molecule has 1 saturated heterocycles. The maximum absolute atomic E-state index is 14.0. The van der Waals surface area contributed by atoms with Crippen LogP contribution in [-0.2, 0) is 0 Å². The smallest absolute Gasteiger partial charge is 0.149 e. The molecular weight excluding hydrogens is 305 g/mol. The zero-order chi connectivity index (χ0) is 16.4. The summed E-state index contributed by atoms with van der Waals surface area (Å²) in [6.45, 7) is 3.61. The third-order valence-corrected chi connectivity index (χ3v) is 4.42. The molecule has 122 valence electrons. The van der Waals surface area contributed by atoms with Gasteiger partial charge in [-0.3, -0.25) is 4.98 Å². The topological polar surface area (TPSA) is 45.2 Å². The summed E-state index contributed by atoms with van der Waals surface area (Å²) in [6.07, 6.45) is 6.10. The first-order valence-corrected chi connectivity index (χ1v) is 8.12. The van der Waals surface area contributed by atoms with Crippen LogP contribution >= 0.6 is 0 Å². The zero-order valence-corrected chi connectivity index (χ0v) is 13.3. The summed E-state index contributed by atoms with van der Waals surface area (Å²) in [6, 6.07) is 9.11. The minimum atomic E-state index is -0.301. The number of rotatable bonds is 2. The third-order valence-electron chi connectivity index (χ3n) is 4.42. The molecule has 4 rings (SSSR count). The molecule has 0 spiro atoms. The van der Waals surface area contributed by atoms with Crippen molar-refractivity contribution in [3.63, 3.8) is 0 Å². The Labute approximate surface area is 139 Å². The molecule has 0 bridgehead atoms. The summed E-state index contributed by atoms with van der Waals surface area (Å²) >= 11 is 0. The number of halogens is 1. The van der Waals surface area contributed by atoms with E-state index in [0.717, 1.165) is 43.8 Å². The molecule has 1 aromatic carbocycles. The van der Waals surface area contributed by atoms with E-state index < -0.39 is 0 Å². The molecule has 3 heterocycles. The number of hydrogen-bond donors (Lipinski definition) is 0. The van der Waals surface area contributed by atoms with Gasteiger partial charge in [-0.25, -0.2) is 14.4 Å². The average Bonchev–Trinajstić information content (AvgIpc) is 2.89. The predicted octanol–water partition coefficient (Wildman–Crippen LogP) is 2.88. The van der Waals surface area contributed by atoms with Crippen LogP contribution in [0.15, 0.2) is 49.1 Å². The number of para-hydroxylation sites is 1. The quantitative estimate of drug-likeness (QED) is 0.725. The minimum absolute atomic E-state index is 0.301. The maximum atomic E-state index is 14.0. The van der Waals surface area contributed by atoms with E-state index in [1.165, 1.54) is 18.1 Å². The highest BCUT2D eigenvalue weighted by molar-refractivity contribution is 5.89. The highest BCUT2D eigenvalue weighted by Gasteiger charge is 2.19. The van der Waals surface area contributed by atoms with Crippen molar-refractivity contribution < 1.29 is 4.39 Å². The van der Waals surface area contributed by atoms with Gasteiger partial charge in [-0.1, -0.05) is 6.07 Å². The van der Waals surface area contributed by atoms with Gasteiger partial charge in [0, 0.05) is 49.6 Å². The fourth-order valence-corrected chi connectivity index (χ4v) is 3.23. The lowest BCUT2D eigenvalue weighted by atomic mass is 10.2. The van der Waals surface area contributed by atoms with Gasteiger partial charge in [0.15, 0.2) is 0 Å². The first-order chi connectivity index (χ1) is 11.8. The molecule has 1 aliphatic rings. The van der Waals surface area contributed by atoms with Gasteiger partial charge in [0.2, 0.25) is 0 Å². The molecule has 1 aliphatic heterocycles. The van der Waals surface area contributed by atoms with E-state index in [1.807, 2.05) is 30.6 Å². The molecule has 0 N–H and O–H groups in total. The Morgan fingerprint density at radius 2 is 1.67 bits per heavy atom. The number of hydrogen-bond acceptors (Lipinski definition) is 5. The van der Waals surface area contributed by atoms with Crippen LogP contribution in [0.2, 0.25) is 0 Å². The van der Waals surface area contributed by atoms with Gasteiger partial charge in [0.25, 0.3) is 0 Å². The second kappa shape index (κ2) is 6.39. The second-order valence-electron chi connectivity index (χ2n) is 5.87. The van der Waals surface area contributed by atoms with Crippen molar-refractivity contribution in [1.82, 2.24) is 15.0 Å². The maximum Gasteiger partial charge on any atom is 0.149 e. The van der Waals surface area contributed by atoms with Crippen LogP contribution in [0, 0.1) is 5.82 Å². The number of pyridine rings is 1. The molecule has 0 unspecified atom stereocenters. The monoisotopic (exact) mass is 323 g/mol. The van der Waals surface area contributed by atoms with Crippen LogP contribution in [0.25, 0.3) is 10.9 Å². The van der Waals surface area contributed by atoms with Crippen LogP contribution in [-0.4, -0.2) is 41.1 Å². The third kappa shape index (κ3) is 2.75. The summed E-state index contributed by atoms with van der Waals surface area (Å²) in [5, 5.41) is 0.773. The molecule has 2 aromatic heterocycles. The summed E-state index contributed by atoms with van der Waals surface area (Å²) in [7, 11) is 0. The van der Waals surface area contributed by atoms with Gasteiger partial charge in [-0.2, -0.15) is 0 Å². The summed E-state index contributed by atoms with van der Waals surface area (Å²) in [5.41, 5.74) is 1.57. The number of anilines is 2. The molecule has 0 radical (unpaired) electrons.